The first-order chi connectivity index (χ1) is 12.7. The number of hydrogen-bond acceptors (Lipinski definition) is 5. The van der Waals surface area contributed by atoms with Gasteiger partial charge in [0.25, 0.3) is 0 Å². The molecule has 0 spiro atoms. The van der Waals surface area contributed by atoms with Crippen molar-refractivity contribution in [2.24, 2.45) is 0 Å². The Morgan fingerprint density at radius 1 is 1.19 bits per heavy atom. The Kier molecular flexibility index (Phi) is 3.76. The zero-order valence-electron chi connectivity index (χ0n) is 14.3. The Hall–Kier alpha value is -2.31. The fourth-order valence-corrected chi connectivity index (χ4v) is 4.15. The Bertz CT molecular complexity index is 972. The molecule has 1 fully saturated rings. The number of aliphatic hydroxyl groups is 1. The number of H-pyrrole nitrogens is 1. The van der Waals surface area contributed by atoms with Crippen molar-refractivity contribution >= 4 is 34.3 Å². The molecule has 1 atom stereocenters. The highest BCUT2D eigenvalue weighted by molar-refractivity contribution is 6.31. The highest BCUT2D eigenvalue weighted by Gasteiger charge is 2.25. The van der Waals surface area contributed by atoms with E-state index in [1.807, 2.05) is 30.5 Å². The van der Waals surface area contributed by atoms with Crippen LogP contribution in [0.25, 0.3) is 10.9 Å². The van der Waals surface area contributed by atoms with E-state index in [0.717, 1.165) is 54.8 Å². The van der Waals surface area contributed by atoms with Gasteiger partial charge in [0.1, 0.15) is 5.82 Å². The van der Waals surface area contributed by atoms with Crippen molar-refractivity contribution in [2.75, 3.05) is 29.4 Å². The Morgan fingerprint density at radius 3 is 2.96 bits per heavy atom. The van der Waals surface area contributed by atoms with E-state index in [1.165, 1.54) is 16.6 Å². The SMILES string of the molecule is O[C@H]1CCN(c2ccnc(N3CCc4[nH]c5ccc(Cl)cc5c4C3)n2)C1. The van der Waals surface area contributed by atoms with E-state index in [2.05, 4.69) is 19.8 Å². The molecule has 3 aromatic rings. The Morgan fingerprint density at radius 2 is 2.12 bits per heavy atom. The molecule has 1 aromatic carbocycles. The quantitative estimate of drug-likeness (QED) is 0.727. The van der Waals surface area contributed by atoms with Crippen LogP contribution in [-0.4, -0.2) is 45.8 Å². The van der Waals surface area contributed by atoms with Crippen molar-refractivity contribution in [1.82, 2.24) is 15.0 Å². The summed E-state index contributed by atoms with van der Waals surface area (Å²) >= 11 is 6.20. The molecule has 0 bridgehead atoms. The molecule has 7 heteroatoms. The zero-order valence-corrected chi connectivity index (χ0v) is 15.1. The van der Waals surface area contributed by atoms with Gasteiger partial charge in [-0.1, -0.05) is 11.6 Å². The van der Waals surface area contributed by atoms with Gasteiger partial charge < -0.3 is 19.9 Å². The van der Waals surface area contributed by atoms with Gasteiger partial charge in [-0.05, 0) is 30.7 Å². The summed E-state index contributed by atoms with van der Waals surface area (Å²) in [4.78, 5) is 17.1. The number of aromatic amines is 1. The number of nitrogens with zero attached hydrogens (tertiary/aromatic N) is 4. The predicted molar refractivity (Wildman–Crippen MR) is 103 cm³/mol. The smallest absolute Gasteiger partial charge is 0.227 e. The lowest BCUT2D eigenvalue weighted by Gasteiger charge is -2.28. The van der Waals surface area contributed by atoms with Gasteiger partial charge >= 0.3 is 0 Å². The highest BCUT2D eigenvalue weighted by atomic mass is 35.5. The number of anilines is 2. The fraction of sp³-hybridized carbons (Fsp3) is 0.368. The van der Waals surface area contributed by atoms with Crippen molar-refractivity contribution in [1.29, 1.82) is 0 Å². The summed E-state index contributed by atoms with van der Waals surface area (Å²) in [6, 6.07) is 7.90. The summed E-state index contributed by atoms with van der Waals surface area (Å²) < 4.78 is 0. The molecule has 2 N–H and O–H groups in total. The average molecular weight is 370 g/mol. The van der Waals surface area contributed by atoms with Gasteiger partial charge in [0.15, 0.2) is 0 Å². The summed E-state index contributed by atoms with van der Waals surface area (Å²) in [7, 11) is 0. The second-order valence-corrected chi connectivity index (χ2v) is 7.48. The van der Waals surface area contributed by atoms with Crippen LogP contribution in [0.4, 0.5) is 11.8 Å². The lowest BCUT2D eigenvalue weighted by atomic mass is 10.0. The van der Waals surface area contributed by atoms with E-state index in [9.17, 15) is 5.11 Å². The van der Waals surface area contributed by atoms with Crippen molar-refractivity contribution in [3.8, 4) is 0 Å². The highest BCUT2D eigenvalue weighted by Crippen LogP contribution is 2.31. The molecule has 5 rings (SSSR count). The largest absolute Gasteiger partial charge is 0.391 e. The van der Waals surface area contributed by atoms with E-state index in [1.54, 1.807) is 0 Å². The van der Waals surface area contributed by atoms with Crippen LogP contribution in [0.15, 0.2) is 30.5 Å². The van der Waals surface area contributed by atoms with Gasteiger partial charge in [0.2, 0.25) is 5.95 Å². The maximum atomic E-state index is 9.78. The van der Waals surface area contributed by atoms with Gasteiger partial charge in [-0.25, -0.2) is 4.98 Å². The second kappa shape index (κ2) is 6.14. The van der Waals surface area contributed by atoms with Crippen LogP contribution in [-0.2, 0) is 13.0 Å². The maximum absolute atomic E-state index is 9.78. The van der Waals surface area contributed by atoms with Crippen molar-refractivity contribution in [3.05, 3.63) is 46.7 Å². The minimum absolute atomic E-state index is 0.262. The van der Waals surface area contributed by atoms with Gasteiger partial charge in [-0.2, -0.15) is 4.98 Å². The fourth-order valence-electron chi connectivity index (χ4n) is 3.97. The van der Waals surface area contributed by atoms with Crippen LogP contribution in [0.5, 0.6) is 0 Å². The summed E-state index contributed by atoms with van der Waals surface area (Å²) in [6.45, 7) is 3.12. The molecule has 0 unspecified atom stereocenters. The lowest BCUT2D eigenvalue weighted by Crippen LogP contribution is -2.32. The molecule has 2 aromatic heterocycles. The molecule has 1 saturated heterocycles. The molecule has 0 saturated carbocycles. The molecule has 4 heterocycles. The van der Waals surface area contributed by atoms with Crippen LogP contribution in [0, 0.1) is 0 Å². The number of nitrogens with one attached hydrogen (secondary N) is 1. The standard InChI is InChI=1S/C19H20ClN5O/c20-12-1-2-16-14(9-12)15-11-25(8-5-17(15)22-16)19-21-6-3-18(23-19)24-7-4-13(26)10-24/h1-3,6,9,13,22,26H,4-5,7-8,10-11H2/t13-/m0/s1. The van der Waals surface area contributed by atoms with Gasteiger partial charge in [-0.15, -0.1) is 0 Å². The Labute approximate surface area is 156 Å². The number of rotatable bonds is 2. The van der Waals surface area contributed by atoms with Crippen molar-refractivity contribution in [2.45, 2.75) is 25.5 Å². The summed E-state index contributed by atoms with van der Waals surface area (Å²) in [6.07, 6.45) is 3.27. The minimum Gasteiger partial charge on any atom is -0.391 e. The number of fused-ring (bicyclic) bond motifs is 3. The van der Waals surface area contributed by atoms with E-state index in [4.69, 9.17) is 16.6 Å². The maximum Gasteiger partial charge on any atom is 0.227 e. The zero-order chi connectivity index (χ0) is 17.7. The molecule has 0 aliphatic carbocycles. The number of aromatic nitrogens is 3. The summed E-state index contributed by atoms with van der Waals surface area (Å²) in [5.41, 5.74) is 3.68. The number of β-amino-alcohol motifs (C(OH)–C–C–N with tert-alkyl or cyclic N) is 1. The third kappa shape index (κ3) is 2.70. The third-order valence-electron chi connectivity index (χ3n) is 5.34. The molecule has 0 amide bonds. The molecular formula is C19H20ClN5O. The molecule has 2 aliphatic heterocycles. The minimum atomic E-state index is -0.262. The van der Waals surface area contributed by atoms with Crippen molar-refractivity contribution < 1.29 is 5.11 Å². The molecule has 2 aliphatic rings. The monoisotopic (exact) mass is 369 g/mol. The first-order valence-electron chi connectivity index (χ1n) is 8.97. The third-order valence-corrected chi connectivity index (χ3v) is 5.57. The average Bonchev–Trinajstić information content (AvgIpc) is 3.25. The predicted octanol–water partition coefficient (Wildman–Crippen LogP) is 2.75. The lowest BCUT2D eigenvalue weighted by molar-refractivity contribution is 0.198. The normalized spacial score (nSPS) is 20.0. The number of benzene rings is 1. The van der Waals surface area contributed by atoms with Gasteiger partial charge in [0, 0.05) is 66.0 Å². The first kappa shape index (κ1) is 15.9. The topological polar surface area (TPSA) is 68.3 Å². The van der Waals surface area contributed by atoms with E-state index in [0.29, 0.717) is 6.54 Å². The van der Waals surface area contributed by atoms with Crippen LogP contribution in [0.1, 0.15) is 17.7 Å². The molecular weight excluding hydrogens is 350 g/mol. The summed E-state index contributed by atoms with van der Waals surface area (Å²) in [5, 5.41) is 11.7. The molecule has 6 nitrogen and oxygen atoms in total. The van der Waals surface area contributed by atoms with Gasteiger partial charge in [0.05, 0.1) is 6.10 Å². The molecule has 134 valence electrons. The Balaban J connectivity index is 1.46. The second-order valence-electron chi connectivity index (χ2n) is 7.05. The molecule has 26 heavy (non-hydrogen) atoms. The first-order valence-corrected chi connectivity index (χ1v) is 9.35. The van der Waals surface area contributed by atoms with E-state index >= 15 is 0 Å². The number of hydrogen-bond donors (Lipinski definition) is 2. The molecule has 0 radical (unpaired) electrons. The van der Waals surface area contributed by atoms with Crippen LogP contribution in [0.2, 0.25) is 5.02 Å². The van der Waals surface area contributed by atoms with E-state index < -0.39 is 0 Å². The van der Waals surface area contributed by atoms with Crippen LogP contribution in [0.3, 0.4) is 0 Å². The van der Waals surface area contributed by atoms with Crippen LogP contribution < -0.4 is 9.80 Å². The summed E-state index contributed by atoms with van der Waals surface area (Å²) in [5.74, 6) is 1.63. The number of aliphatic hydroxyl groups excluding tert-OH is 1. The van der Waals surface area contributed by atoms with Crippen molar-refractivity contribution in [3.63, 3.8) is 0 Å². The van der Waals surface area contributed by atoms with Gasteiger partial charge in [-0.3, -0.25) is 0 Å². The number of halogens is 1. The van der Waals surface area contributed by atoms with E-state index in [-0.39, 0.29) is 6.10 Å². The van der Waals surface area contributed by atoms with Crippen LogP contribution >= 0.6 is 11.6 Å².